The fraction of sp³-hybridized carbons (Fsp3) is 0.259. The van der Waals surface area contributed by atoms with E-state index in [1.807, 2.05) is 75.4 Å². The Hall–Kier alpha value is -3.12. The van der Waals surface area contributed by atoms with Crippen LogP contribution in [0.25, 0.3) is 11.1 Å². The molecule has 2 aliphatic rings. The van der Waals surface area contributed by atoms with E-state index in [1.165, 1.54) is 0 Å². The first kappa shape index (κ1) is 21.7. The second kappa shape index (κ2) is 8.03. The van der Waals surface area contributed by atoms with Crippen molar-refractivity contribution in [3.8, 4) is 16.9 Å². The lowest BCUT2D eigenvalue weighted by Gasteiger charge is -2.37. The van der Waals surface area contributed by atoms with E-state index in [2.05, 4.69) is 33.4 Å². The highest BCUT2D eigenvalue weighted by molar-refractivity contribution is 9.10. The Labute approximate surface area is 201 Å². The van der Waals surface area contributed by atoms with Gasteiger partial charge in [0.2, 0.25) is 5.91 Å². The summed E-state index contributed by atoms with van der Waals surface area (Å²) in [6, 6.07) is 20.5. The Bertz CT molecular complexity index is 1220. The lowest BCUT2D eigenvalue weighted by molar-refractivity contribution is -0.143. The second-order valence-corrected chi connectivity index (χ2v) is 10.4. The molecule has 6 heteroatoms. The SMILES string of the molecule is CC(C)(C)NC(=O)C1c2cc(Br)ccc2OCC(=O)N1C1c2ccccc2-c2ccccc21. The maximum atomic E-state index is 13.8. The summed E-state index contributed by atoms with van der Waals surface area (Å²) in [7, 11) is 0. The zero-order valence-electron chi connectivity index (χ0n) is 18.8. The van der Waals surface area contributed by atoms with Gasteiger partial charge in [0.05, 0.1) is 6.04 Å². The zero-order chi connectivity index (χ0) is 23.3. The molecule has 2 amide bonds. The maximum Gasteiger partial charge on any atom is 0.262 e. The molecule has 1 unspecified atom stereocenters. The molecule has 1 heterocycles. The molecule has 1 N–H and O–H groups in total. The molecule has 5 nitrogen and oxygen atoms in total. The van der Waals surface area contributed by atoms with Crippen LogP contribution in [-0.4, -0.2) is 28.9 Å². The third-order valence-electron chi connectivity index (χ3n) is 6.01. The predicted octanol–water partition coefficient (Wildman–Crippen LogP) is 5.40. The van der Waals surface area contributed by atoms with Crippen molar-refractivity contribution in [2.75, 3.05) is 6.61 Å². The summed E-state index contributed by atoms with van der Waals surface area (Å²) in [5.74, 6) is 0.0816. The van der Waals surface area contributed by atoms with E-state index in [0.29, 0.717) is 11.3 Å². The molecule has 0 radical (unpaired) electrons. The largest absolute Gasteiger partial charge is 0.483 e. The Morgan fingerprint density at radius 3 is 2.18 bits per heavy atom. The first-order valence-corrected chi connectivity index (χ1v) is 11.8. The minimum absolute atomic E-state index is 0.130. The van der Waals surface area contributed by atoms with Crippen molar-refractivity contribution in [3.63, 3.8) is 0 Å². The molecule has 1 aliphatic heterocycles. The van der Waals surface area contributed by atoms with E-state index < -0.39 is 17.6 Å². The summed E-state index contributed by atoms with van der Waals surface area (Å²) in [6.07, 6.45) is 0. The number of rotatable bonds is 2. The minimum atomic E-state index is -0.851. The molecule has 0 saturated heterocycles. The van der Waals surface area contributed by atoms with Gasteiger partial charge in [-0.2, -0.15) is 0 Å². The average Bonchev–Trinajstić information content (AvgIpc) is 3.01. The van der Waals surface area contributed by atoms with Crippen LogP contribution in [-0.2, 0) is 9.59 Å². The van der Waals surface area contributed by atoms with Crippen LogP contribution in [0.3, 0.4) is 0 Å². The number of ether oxygens (including phenoxy) is 1. The molecule has 0 aromatic heterocycles. The maximum absolute atomic E-state index is 13.8. The van der Waals surface area contributed by atoms with Crippen LogP contribution in [0.15, 0.2) is 71.2 Å². The van der Waals surface area contributed by atoms with Crippen molar-refractivity contribution >= 4 is 27.7 Å². The quantitative estimate of drug-likeness (QED) is 0.508. The van der Waals surface area contributed by atoms with Crippen LogP contribution in [0.4, 0.5) is 0 Å². The molecular formula is C27H25BrN2O3. The molecule has 33 heavy (non-hydrogen) atoms. The molecule has 5 rings (SSSR count). The molecule has 168 valence electrons. The molecule has 1 aliphatic carbocycles. The Balaban J connectivity index is 1.74. The third-order valence-corrected chi connectivity index (χ3v) is 6.50. The van der Waals surface area contributed by atoms with Gasteiger partial charge < -0.3 is 15.0 Å². The van der Waals surface area contributed by atoms with Crippen molar-refractivity contribution in [3.05, 3.63) is 87.9 Å². The number of halogens is 1. The van der Waals surface area contributed by atoms with Crippen LogP contribution in [0.5, 0.6) is 5.75 Å². The van der Waals surface area contributed by atoms with Gasteiger partial charge in [0.1, 0.15) is 11.8 Å². The topological polar surface area (TPSA) is 58.6 Å². The molecule has 3 aromatic rings. The van der Waals surface area contributed by atoms with Crippen molar-refractivity contribution in [2.24, 2.45) is 0 Å². The molecule has 0 bridgehead atoms. The predicted molar refractivity (Wildman–Crippen MR) is 131 cm³/mol. The number of carbonyl (C=O) groups excluding carboxylic acids is 2. The van der Waals surface area contributed by atoms with E-state index >= 15 is 0 Å². The fourth-order valence-corrected chi connectivity index (χ4v) is 5.18. The second-order valence-electron chi connectivity index (χ2n) is 9.49. The van der Waals surface area contributed by atoms with Gasteiger partial charge in [-0.15, -0.1) is 0 Å². The Morgan fingerprint density at radius 2 is 1.58 bits per heavy atom. The fourth-order valence-electron chi connectivity index (χ4n) is 4.80. The minimum Gasteiger partial charge on any atom is -0.483 e. The van der Waals surface area contributed by atoms with Gasteiger partial charge in [0.15, 0.2) is 6.61 Å². The normalized spacial score (nSPS) is 17.5. The number of nitrogens with one attached hydrogen (secondary N) is 1. The van der Waals surface area contributed by atoms with Crippen LogP contribution < -0.4 is 10.1 Å². The van der Waals surface area contributed by atoms with Gasteiger partial charge in [0.25, 0.3) is 5.91 Å². The lowest BCUT2D eigenvalue weighted by atomic mass is 9.96. The van der Waals surface area contributed by atoms with Gasteiger partial charge in [-0.25, -0.2) is 0 Å². The van der Waals surface area contributed by atoms with Crippen LogP contribution in [0.1, 0.15) is 49.5 Å². The summed E-state index contributed by atoms with van der Waals surface area (Å²) >= 11 is 3.53. The van der Waals surface area contributed by atoms with Crippen molar-refractivity contribution in [1.82, 2.24) is 10.2 Å². The highest BCUT2D eigenvalue weighted by Gasteiger charge is 2.45. The van der Waals surface area contributed by atoms with E-state index in [4.69, 9.17) is 4.74 Å². The third kappa shape index (κ3) is 3.82. The van der Waals surface area contributed by atoms with Gasteiger partial charge in [0, 0.05) is 15.6 Å². The number of amides is 2. The summed E-state index contributed by atoms with van der Waals surface area (Å²) in [5.41, 5.74) is 4.40. The monoisotopic (exact) mass is 504 g/mol. The number of hydrogen-bond donors (Lipinski definition) is 1. The average molecular weight is 505 g/mol. The molecule has 0 saturated carbocycles. The first-order chi connectivity index (χ1) is 15.7. The van der Waals surface area contributed by atoms with E-state index in [-0.39, 0.29) is 18.4 Å². The van der Waals surface area contributed by atoms with Crippen molar-refractivity contribution in [1.29, 1.82) is 0 Å². The summed E-state index contributed by atoms with van der Waals surface area (Å²) in [6.45, 7) is 5.68. The number of hydrogen-bond acceptors (Lipinski definition) is 3. The Morgan fingerprint density at radius 1 is 0.970 bits per heavy atom. The van der Waals surface area contributed by atoms with E-state index in [9.17, 15) is 9.59 Å². The van der Waals surface area contributed by atoms with Crippen LogP contribution >= 0.6 is 15.9 Å². The van der Waals surface area contributed by atoms with Gasteiger partial charge in [-0.1, -0.05) is 64.5 Å². The van der Waals surface area contributed by atoms with E-state index in [1.54, 1.807) is 4.90 Å². The molecular weight excluding hydrogens is 480 g/mol. The molecule has 0 spiro atoms. The summed E-state index contributed by atoms with van der Waals surface area (Å²) < 4.78 is 6.72. The molecule has 1 atom stereocenters. The lowest BCUT2D eigenvalue weighted by Crippen LogP contribution is -2.50. The first-order valence-electron chi connectivity index (χ1n) is 11.0. The van der Waals surface area contributed by atoms with E-state index in [0.717, 1.165) is 26.7 Å². The highest BCUT2D eigenvalue weighted by atomic mass is 79.9. The number of carbonyl (C=O) groups is 2. The number of nitrogens with zero attached hydrogens (tertiary/aromatic N) is 1. The summed E-state index contributed by atoms with van der Waals surface area (Å²) in [4.78, 5) is 29.2. The zero-order valence-corrected chi connectivity index (χ0v) is 20.3. The van der Waals surface area contributed by atoms with Gasteiger partial charge in [-0.05, 0) is 61.2 Å². The number of benzene rings is 3. The standard InChI is InChI=1S/C27H25BrN2O3/c1-27(2,3)29-26(32)25-21-14-16(28)12-13-22(21)33-15-23(31)30(25)24-19-10-6-4-8-17(19)18-9-5-7-11-20(18)24/h4-14,24-25H,15H2,1-3H3,(H,29,32). The molecule has 0 fully saturated rings. The van der Waals surface area contributed by atoms with Crippen molar-refractivity contribution in [2.45, 2.75) is 38.4 Å². The van der Waals surface area contributed by atoms with Crippen LogP contribution in [0.2, 0.25) is 0 Å². The van der Waals surface area contributed by atoms with Crippen molar-refractivity contribution < 1.29 is 14.3 Å². The smallest absolute Gasteiger partial charge is 0.262 e. The molecule has 3 aromatic carbocycles. The van der Waals surface area contributed by atoms with Gasteiger partial charge >= 0.3 is 0 Å². The summed E-state index contributed by atoms with van der Waals surface area (Å²) in [5, 5.41) is 3.10. The van der Waals surface area contributed by atoms with Gasteiger partial charge in [-0.3, -0.25) is 9.59 Å². The highest BCUT2D eigenvalue weighted by Crippen LogP contribution is 2.50. The Kier molecular flexibility index (Phi) is 5.28. The van der Waals surface area contributed by atoms with Crippen LogP contribution in [0, 0.1) is 0 Å². The number of fused-ring (bicyclic) bond motifs is 4.